The lowest BCUT2D eigenvalue weighted by atomic mass is 10.2. The molecular weight excluding hydrogens is 378 g/mol. The second kappa shape index (κ2) is 10.3. The molecule has 1 aliphatic rings. The van der Waals surface area contributed by atoms with E-state index in [-0.39, 0.29) is 48.8 Å². The molecule has 1 aromatic heterocycles. The van der Waals surface area contributed by atoms with Gasteiger partial charge in [-0.05, 0) is 46.7 Å². The van der Waals surface area contributed by atoms with Gasteiger partial charge in [0.1, 0.15) is 17.9 Å². The second-order valence-corrected chi connectivity index (χ2v) is 7.25. The van der Waals surface area contributed by atoms with Crippen molar-refractivity contribution in [2.75, 3.05) is 32.8 Å². The molecule has 10 heteroatoms. The Morgan fingerprint density at radius 1 is 1.34 bits per heavy atom. The SMILES string of the molecule is CCOC(=O)CCN(CC1CCCN1CC)C(=O)Cn1nc(C)c([N+](=O)[O-])c1C. The zero-order valence-electron chi connectivity index (χ0n) is 17.7. The third kappa shape index (κ3) is 5.75. The normalized spacial score (nSPS) is 16.8. The summed E-state index contributed by atoms with van der Waals surface area (Å²) < 4.78 is 6.36. The molecule has 29 heavy (non-hydrogen) atoms. The van der Waals surface area contributed by atoms with Gasteiger partial charge in [-0.3, -0.25) is 29.3 Å². The monoisotopic (exact) mass is 409 g/mol. The van der Waals surface area contributed by atoms with E-state index in [4.69, 9.17) is 4.74 Å². The van der Waals surface area contributed by atoms with Gasteiger partial charge in [-0.25, -0.2) is 0 Å². The van der Waals surface area contributed by atoms with Gasteiger partial charge in [-0.2, -0.15) is 5.10 Å². The van der Waals surface area contributed by atoms with Crippen LogP contribution in [-0.4, -0.2) is 75.2 Å². The number of amides is 1. The highest BCUT2D eigenvalue weighted by molar-refractivity contribution is 5.77. The smallest absolute Gasteiger partial charge is 0.312 e. The topological polar surface area (TPSA) is 111 Å². The van der Waals surface area contributed by atoms with Crippen LogP contribution in [0.25, 0.3) is 0 Å². The largest absolute Gasteiger partial charge is 0.466 e. The van der Waals surface area contributed by atoms with Crippen molar-refractivity contribution < 1.29 is 19.2 Å². The molecule has 1 unspecified atom stereocenters. The highest BCUT2D eigenvalue weighted by atomic mass is 16.6. The van der Waals surface area contributed by atoms with E-state index in [0.717, 1.165) is 25.9 Å². The molecule has 1 saturated heterocycles. The van der Waals surface area contributed by atoms with Crippen LogP contribution in [0.5, 0.6) is 0 Å². The molecule has 0 aromatic carbocycles. The summed E-state index contributed by atoms with van der Waals surface area (Å²) in [5.41, 5.74) is 0.567. The minimum absolute atomic E-state index is 0.0659. The molecule has 1 aromatic rings. The molecule has 0 spiro atoms. The number of carbonyl (C=O) groups excluding carboxylic acids is 2. The van der Waals surface area contributed by atoms with Crippen LogP contribution in [0.4, 0.5) is 5.69 Å². The molecule has 162 valence electrons. The van der Waals surface area contributed by atoms with E-state index in [1.165, 1.54) is 4.68 Å². The molecular formula is C19H31N5O5. The molecule has 2 rings (SSSR count). The van der Waals surface area contributed by atoms with Crippen molar-refractivity contribution in [3.63, 3.8) is 0 Å². The minimum Gasteiger partial charge on any atom is -0.466 e. The zero-order chi connectivity index (χ0) is 21.6. The number of carbonyl (C=O) groups is 2. The lowest BCUT2D eigenvalue weighted by molar-refractivity contribution is -0.386. The maximum absolute atomic E-state index is 13.0. The predicted molar refractivity (Wildman–Crippen MR) is 106 cm³/mol. The molecule has 1 fully saturated rings. The minimum atomic E-state index is -0.477. The summed E-state index contributed by atoms with van der Waals surface area (Å²) in [5.74, 6) is -0.552. The fourth-order valence-electron chi connectivity index (χ4n) is 3.88. The van der Waals surface area contributed by atoms with E-state index < -0.39 is 4.92 Å². The number of nitro groups is 1. The Kier molecular flexibility index (Phi) is 8.12. The molecule has 1 amide bonds. The maximum Gasteiger partial charge on any atom is 0.312 e. The van der Waals surface area contributed by atoms with E-state index in [1.807, 2.05) is 0 Å². The van der Waals surface area contributed by atoms with Crippen LogP contribution in [0.2, 0.25) is 0 Å². The van der Waals surface area contributed by atoms with Crippen LogP contribution in [0.3, 0.4) is 0 Å². The zero-order valence-corrected chi connectivity index (χ0v) is 17.7. The quantitative estimate of drug-likeness (QED) is 0.328. The average molecular weight is 409 g/mol. The summed E-state index contributed by atoms with van der Waals surface area (Å²) in [7, 11) is 0. The first-order valence-electron chi connectivity index (χ1n) is 10.1. The van der Waals surface area contributed by atoms with Gasteiger partial charge >= 0.3 is 11.7 Å². The maximum atomic E-state index is 13.0. The Balaban J connectivity index is 2.14. The summed E-state index contributed by atoms with van der Waals surface area (Å²) in [5, 5.41) is 15.4. The number of likely N-dealkylation sites (N-methyl/N-ethyl adjacent to an activating group) is 1. The summed E-state index contributed by atoms with van der Waals surface area (Å²) in [6, 6.07) is 0.251. The van der Waals surface area contributed by atoms with Crippen molar-refractivity contribution in [1.82, 2.24) is 19.6 Å². The van der Waals surface area contributed by atoms with Crippen molar-refractivity contribution in [2.24, 2.45) is 0 Å². The third-order valence-corrected chi connectivity index (χ3v) is 5.39. The van der Waals surface area contributed by atoms with Crippen LogP contribution in [0.15, 0.2) is 0 Å². The Morgan fingerprint density at radius 3 is 2.66 bits per heavy atom. The fraction of sp³-hybridized carbons (Fsp3) is 0.737. The van der Waals surface area contributed by atoms with Gasteiger partial charge in [0.25, 0.3) is 0 Å². The van der Waals surface area contributed by atoms with E-state index >= 15 is 0 Å². The van der Waals surface area contributed by atoms with Crippen molar-refractivity contribution in [3.8, 4) is 0 Å². The number of hydrogen-bond donors (Lipinski definition) is 0. The van der Waals surface area contributed by atoms with Crippen LogP contribution in [0, 0.1) is 24.0 Å². The molecule has 1 atom stereocenters. The number of esters is 1. The van der Waals surface area contributed by atoms with Gasteiger partial charge in [0.15, 0.2) is 0 Å². The lowest BCUT2D eigenvalue weighted by Crippen LogP contribution is -2.45. The van der Waals surface area contributed by atoms with Gasteiger partial charge in [0.05, 0.1) is 18.0 Å². The summed E-state index contributed by atoms with van der Waals surface area (Å²) in [6.07, 6.45) is 2.21. The first kappa shape index (κ1) is 22.8. The molecule has 0 radical (unpaired) electrons. The number of aromatic nitrogens is 2. The van der Waals surface area contributed by atoms with Crippen LogP contribution < -0.4 is 0 Å². The number of hydrogen-bond acceptors (Lipinski definition) is 7. The highest BCUT2D eigenvalue weighted by Crippen LogP contribution is 2.22. The molecule has 0 N–H and O–H groups in total. The van der Waals surface area contributed by atoms with Crippen molar-refractivity contribution in [1.29, 1.82) is 0 Å². The predicted octanol–water partition coefficient (Wildman–Crippen LogP) is 1.67. The summed E-state index contributed by atoms with van der Waals surface area (Å²) >= 11 is 0. The lowest BCUT2D eigenvalue weighted by Gasteiger charge is -2.30. The number of aryl methyl sites for hydroxylation is 1. The third-order valence-electron chi connectivity index (χ3n) is 5.39. The van der Waals surface area contributed by atoms with Crippen molar-refractivity contribution in [2.45, 2.75) is 59.5 Å². The highest BCUT2D eigenvalue weighted by Gasteiger charge is 2.29. The number of rotatable bonds is 10. The number of nitrogens with zero attached hydrogens (tertiary/aromatic N) is 5. The number of ether oxygens (including phenoxy) is 1. The van der Waals surface area contributed by atoms with Gasteiger partial charge in [-0.1, -0.05) is 6.92 Å². The molecule has 0 bridgehead atoms. The standard InChI is InChI=1S/C19H31N5O5/c1-5-21-10-7-8-16(21)12-22(11-9-18(26)29-6-2)17(25)13-23-15(4)19(24(27)28)14(3)20-23/h16H,5-13H2,1-4H3. The van der Waals surface area contributed by atoms with Gasteiger partial charge < -0.3 is 9.64 Å². The fourth-order valence-corrected chi connectivity index (χ4v) is 3.88. The first-order valence-corrected chi connectivity index (χ1v) is 10.1. The molecule has 1 aliphatic heterocycles. The van der Waals surface area contributed by atoms with Gasteiger partial charge in [0, 0.05) is 19.1 Å². The van der Waals surface area contributed by atoms with Crippen LogP contribution in [-0.2, 0) is 20.9 Å². The Labute approximate surface area is 170 Å². The Bertz CT molecular complexity index is 748. The van der Waals surface area contributed by atoms with Crippen LogP contribution in [0.1, 0.15) is 44.5 Å². The van der Waals surface area contributed by atoms with E-state index in [9.17, 15) is 19.7 Å². The molecule has 10 nitrogen and oxygen atoms in total. The summed E-state index contributed by atoms with van der Waals surface area (Å²) in [6.45, 7) is 9.88. The van der Waals surface area contributed by atoms with E-state index in [0.29, 0.717) is 18.8 Å². The van der Waals surface area contributed by atoms with Crippen molar-refractivity contribution >= 4 is 17.6 Å². The second-order valence-electron chi connectivity index (χ2n) is 7.25. The molecule has 0 aliphatic carbocycles. The van der Waals surface area contributed by atoms with Crippen LogP contribution >= 0.6 is 0 Å². The first-order chi connectivity index (χ1) is 13.8. The van der Waals surface area contributed by atoms with E-state index in [1.54, 1.807) is 25.7 Å². The molecule has 0 saturated carbocycles. The Hall–Kier alpha value is -2.49. The Morgan fingerprint density at radius 2 is 2.07 bits per heavy atom. The summed E-state index contributed by atoms with van der Waals surface area (Å²) in [4.78, 5) is 39.6. The van der Waals surface area contributed by atoms with E-state index in [2.05, 4.69) is 16.9 Å². The average Bonchev–Trinajstić information content (AvgIpc) is 3.22. The number of likely N-dealkylation sites (tertiary alicyclic amines) is 1. The van der Waals surface area contributed by atoms with Gasteiger partial charge in [0.2, 0.25) is 5.91 Å². The van der Waals surface area contributed by atoms with Gasteiger partial charge in [-0.15, -0.1) is 0 Å². The molecule has 2 heterocycles. The van der Waals surface area contributed by atoms with Crippen molar-refractivity contribution in [3.05, 3.63) is 21.5 Å².